The van der Waals surface area contributed by atoms with Crippen molar-refractivity contribution in [2.24, 2.45) is 0 Å². The lowest BCUT2D eigenvalue weighted by Gasteiger charge is -2.26. The van der Waals surface area contributed by atoms with Gasteiger partial charge in [-0.25, -0.2) is 4.39 Å². The largest absolute Gasteiger partial charge is 0.490 e. The van der Waals surface area contributed by atoms with Gasteiger partial charge in [0, 0.05) is 17.9 Å². The topological polar surface area (TPSA) is 47.0 Å². The minimum Gasteiger partial charge on any atom is -0.490 e. The van der Waals surface area contributed by atoms with Gasteiger partial charge in [-0.05, 0) is 6.07 Å². The van der Waals surface area contributed by atoms with Crippen molar-refractivity contribution in [3.8, 4) is 5.75 Å². The van der Waals surface area contributed by atoms with E-state index in [-0.39, 0.29) is 11.9 Å². The highest BCUT2D eigenvalue weighted by molar-refractivity contribution is 7.15. The van der Waals surface area contributed by atoms with Crippen molar-refractivity contribution in [2.45, 2.75) is 32.2 Å². The Bertz CT molecular complexity index is 614. The zero-order chi connectivity index (χ0) is 14.1. The monoisotopic (exact) mass is 293 g/mol. The van der Waals surface area contributed by atoms with Gasteiger partial charge in [0.1, 0.15) is 5.01 Å². The van der Waals surface area contributed by atoms with Crippen LogP contribution in [0.25, 0.3) is 0 Å². The number of hydrogen-bond donors (Lipinski definition) is 1. The van der Waals surface area contributed by atoms with Crippen molar-refractivity contribution in [2.75, 3.05) is 11.9 Å². The molecule has 2 heterocycles. The highest BCUT2D eigenvalue weighted by atomic mass is 32.1. The number of anilines is 1. The summed E-state index contributed by atoms with van der Waals surface area (Å²) in [7, 11) is 0. The number of ether oxygens (including phenoxy) is 1. The number of benzene rings is 1. The predicted octanol–water partition coefficient (Wildman–Crippen LogP) is 3.74. The maximum atomic E-state index is 13.7. The van der Waals surface area contributed by atoms with E-state index < -0.39 is 0 Å². The molecule has 6 heteroatoms. The van der Waals surface area contributed by atoms with Crippen LogP contribution in [0.3, 0.4) is 0 Å². The molecule has 1 aliphatic rings. The smallest absolute Gasteiger partial charge is 0.206 e. The maximum Gasteiger partial charge on any atom is 0.206 e. The SMILES string of the molecule is CC(C)c1nnc(N[C@H]2CCOc3c(F)cccc32)s1. The minimum atomic E-state index is -0.311. The second-order valence-electron chi connectivity index (χ2n) is 5.09. The third kappa shape index (κ3) is 2.47. The molecule has 2 aromatic rings. The van der Waals surface area contributed by atoms with Crippen LogP contribution in [0.2, 0.25) is 0 Å². The summed E-state index contributed by atoms with van der Waals surface area (Å²) < 4.78 is 19.1. The molecule has 1 atom stereocenters. The number of rotatable bonds is 3. The molecule has 0 fully saturated rings. The normalized spacial score (nSPS) is 17.7. The van der Waals surface area contributed by atoms with Crippen molar-refractivity contribution in [3.63, 3.8) is 0 Å². The van der Waals surface area contributed by atoms with E-state index in [9.17, 15) is 4.39 Å². The molecule has 0 amide bonds. The summed E-state index contributed by atoms with van der Waals surface area (Å²) in [4.78, 5) is 0. The summed E-state index contributed by atoms with van der Waals surface area (Å²) in [5.74, 6) is 0.404. The van der Waals surface area contributed by atoms with Gasteiger partial charge in [-0.2, -0.15) is 0 Å². The first-order chi connectivity index (χ1) is 9.65. The first-order valence-corrected chi connectivity index (χ1v) is 7.48. The Labute approximate surface area is 121 Å². The van der Waals surface area contributed by atoms with Crippen molar-refractivity contribution in [1.29, 1.82) is 0 Å². The van der Waals surface area contributed by atoms with Gasteiger partial charge in [-0.15, -0.1) is 10.2 Å². The minimum absolute atomic E-state index is 0.0161. The third-order valence-corrected chi connectivity index (χ3v) is 4.41. The molecule has 0 saturated heterocycles. The summed E-state index contributed by atoms with van der Waals surface area (Å²) in [5, 5.41) is 13.4. The van der Waals surface area contributed by atoms with Gasteiger partial charge in [0.05, 0.1) is 12.6 Å². The zero-order valence-corrected chi connectivity index (χ0v) is 12.2. The van der Waals surface area contributed by atoms with Crippen LogP contribution in [-0.2, 0) is 0 Å². The van der Waals surface area contributed by atoms with Gasteiger partial charge in [0.2, 0.25) is 5.13 Å². The molecular weight excluding hydrogens is 277 g/mol. The van der Waals surface area contributed by atoms with E-state index in [1.54, 1.807) is 17.4 Å². The van der Waals surface area contributed by atoms with E-state index in [1.807, 2.05) is 6.07 Å². The molecule has 0 spiro atoms. The summed E-state index contributed by atoms with van der Waals surface area (Å²) in [6, 6.07) is 5.03. The summed E-state index contributed by atoms with van der Waals surface area (Å²) in [6.07, 6.45) is 0.785. The zero-order valence-electron chi connectivity index (χ0n) is 11.4. The van der Waals surface area contributed by atoms with Gasteiger partial charge in [0.25, 0.3) is 0 Å². The molecule has 106 valence electrons. The van der Waals surface area contributed by atoms with Gasteiger partial charge in [-0.3, -0.25) is 0 Å². The summed E-state index contributed by atoms with van der Waals surface area (Å²) in [6.45, 7) is 4.67. The molecule has 0 radical (unpaired) electrons. The second kappa shape index (κ2) is 5.36. The fourth-order valence-corrected chi connectivity index (χ4v) is 3.01. The van der Waals surface area contributed by atoms with Crippen molar-refractivity contribution < 1.29 is 9.13 Å². The van der Waals surface area contributed by atoms with Crippen LogP contribution in [0, 0.1) is 5.82 Å². The number of aromatic nitrogens is 2. The second-order valence-corrected chi connectivity index (χ2v) is 6.10. The summed E-state index contributed by atoms with van der Waals surface area (Å²) in [5.41, 5.74) is 0.845. The van der Waals surface area contributed by atoms with Crippen LogP contribution in [0.15, 0.2) is 18.2 Å². The quantitative estimate of drug-likeness (QED) is 0.936. The highest BCUT2D eigenvalue weighted by Gasteiger charge is 2.24. The van der Waals surface area contributed by atoms with Crippen LogP contribution in [-0.4, -0.2) is 16.8 Å². The number of hydrogen-bond acceptors (Lipinski definition) is 5. The molecule has 0 unspecified atom stereocenters. The van der Waals surface area contributed by atoms with Crippen molar-refractivity contribution in [3.05, 3.63) is 34.6 Å². The lowest BCUT2D eigenvalue weighted by molar-refractivity contribution is 0.260. The third-order valence-electron chi connectivity index (χ3n) is 3.26. The molecule has 0 aliphatic carbocycles. The Morgan fingerprint density at radius 2 is 2.25 bits per heavy atom. The lowest BCUT2D eigenvalue weighted by atomic mass is 10.0. The summed E-state index contributed by atoms with van der Waals surface area (Å²) >= 11 is 1.55. The Kier molecular flexibility index (Phi) is 3.56. The van der Waals surface area contributed by atoms with E-state index in [4.69, 9.17) is 4.74 Å². The van der Waals surface area contributed by atoms with E-state index in [2.05, 4.69) is 29.4 Å². The average Bonchev–Trinajstić information content (AvgIpc) is 2.89. The Hall–Kier alpha value is -1.69. The lowest BCUT2D eigenvalue weighted by Crippen LogP contribution is -2.21. The maximum absolute atomic E-state index is 13.7. The van der Waals surface area contributed by atoms with E-state index >= 15 is 0 Å². The number of para-hydroxylation sites is 1. The van der Waals surface area contributed by atoms with E-state index in [0.29, 0.717) is 18.3 Å². The van der Waals surface area contributed by atoms with Crippen LogP contribution in [0.4, 0.5) is 9.52 Å². The molecule has 4 nitrogen and oxygen atoms in total. The van der Waals surface area contributed by atoms with Crippen LogP contribution in [0.1, 0.15) is 42.8 Å². The fraction of sp³-hybridized carbons (Fsp3) is 0.429. The average molecular weight is 293 g/mol. The van der Waals surface area contributed by atoms with E-state index in [1.165, 1.54) is 6.07 Å². The predicted molar refractivity (Wildman–Crippen MR) is 76.9 cm³/mol. The van der Waals surface area contributed by atoms with Crippen molar-refractivity contribution >= 4 is 16.5 Å². The number of fused-ring (bicyclic) bond motifs is 1. The van der Waals surface area contributed by atoms with Gasteiger partial charge in [0.15, 0.2) is 11.6 Å². The fourth-order valence-electron chi connectivity index (χ4n) is 2.21. The molecule has 1 aromatic carbocycles. The van der Waals surface area contributed by atoms with Crippen LogP contribution in [0.5, 0.6) is 5.75 Å². The Morgan fingerprint density at radius 3 is 3.00 bits per heavy atom. The number of nitrogens with one attached hydrogen (secondary N) is 1. The molecule has 3 rings (SSSR count). The van der Waals surface area contributed by atoms with Gasteiger partial charge >= 0.3 is 0 Å². The first-order valence-electron chi connectivity index (χ1n) is 6.66. The standard InChI is InChI=1S/C14H16FN3OS/c1-8(2)13-17-18-14(20-13)16-11-6-7-19-12-9(11)4-3-5-10(12)15/h3-5,8,11H,6-7H2,1-2H3,(H,16,18)/t11-/m0/s1. The van der Waals surface area contributed by atoms with Crippen LogP contribution >= 0.6 is 11.3 Å². The van der Waals surface area contributed by atoms with Crippen molar-refractivity contribution in [1.82, 2.24) is 10.2 Å². The number of halogens is 1. The first kappa shape index (κ1) is 13.3. The van der Waals surface area contributed by atoms with Gasteiger partial charge < -0.3 is 10.1 Å². The molecule has 1 aromatic heterocycles. The Morgan fingerprint density at radius 1 is 1.40 bits per heavy atom. The molecule has 20 heavy (non-hydrogen) atoms. The molecule has 0 saturated carbocycles. The molecule has 0 bridgehead atoms. The molecule has 1 aliphatic heterocycles. The molecule has 1 N–H and O–H groups in total. The highest BCUT2D eigenvalue weighted by Crippen LogP contribution is 2.36. The van der Waals surface area contributed by atoms with Gasteiger partial charge in [-0.1, -0.05) is 37.3 Å². The van der Waals surface area contributed by atoms with E-state index in [0.717, 1.165) is 22.1 Å². The Balaban J connectivity index is 1.84. The number of nitrogens with zero attached hydrogens (tertiary/aromatic N) is 2. The van der Waals surface area contributed by atoms with Crippen LogP contribution < -0.4 is 10.1 Å². The molecular formula is C14H16FN3OS.